The molecule has 2 aromatic carbocycles. The average molecular weight is 326 g/mol. The highest BCUT2D eigenvalue weighted by Crippen LogP contribution is 2.25. The van der Waals surface area contributed by atoms with Crippen molar-refractivity contribution in [2.75, 3.05) is 6.16 Å². The van der Waals surface area contributed by atoms with E-state index in [2.05, 4.69) is 9.24 Å². The molecular weight excluding hydrogens is 303 g/mol. The Morgan fingerprint density at radius 3 is 1.35 bits per heavy atom. The predicted octanol–water partition coefficient (Wildman–Crippen LogP) is 4.48. The molecule has 120 valence electrons. The van der Waals surface area contributed by atoms with Crippen LogP contribution in [-0.4, -0.2) is 17.7 Å². The number of ketones is 2. The Hall–Kier alpha value is -1.79. The van der Waals surface area contributed by atoms with Gasteiger partial charge in [-0.2, -0.15) is 0 Å². The van der Waals surface area contributed by atoms with Crippen LogP contribution in [0.25, 0.3) is 0 Å². The van der Waals surface area contributed by atoms with Crippen molar-refractivity contribution >= 4 is 20.8 Å². The molecule has 0 heterocycles. The van der Waals surface area contributed by atoms with Crippen LogP contribution in [0.3, 0.4) is 0 Å². The zero-order valence-electron chi connectivity index (χ0n) is 14.1. The van der Waals surface area contributed by atoms with Crippen molar-refractivity contribution in [2.45, 2.75) is 27.7 Å². The van der Waals surface area contributed by atoms with Gasteiger partial charge >= 0.3 is 0 Å². The lowest BCUT2D eigenvalue weighted by molar-refractivity contribution is 0.0823. The summed E-state index contributed by atoms with van der Waals surface area (Å²) in [5, 5.41) is 0. The lowest BCUT2D eigenvalue weighted by Gasteiger charge is -2.18. The van der Waals surface area contributed by atoms with E-state index in [1.807, 2.05) is 64.1 Å². The van der Waals surface area contributed by atoms with E-state index in [4.69, 9.17) is 0 Å². The number of aryl methyl sites for hydroxylation is 4. The Kier molecular flexibility index (Phi) is 5.49. The van der Waals surface area contributed by atoms with Crippen molar-refractivity contribution in [3.8, 4) is 0 Å². The molecule has 3 heteroatoms. The maximum absolute atomic E-state index is 13.0. The van der Waals surface area contributed by atoms with Crippen molar-refractivity contribution < 1.29 is 9.59 Å². The molecular formula is C20H23O2P. The van der Waals surface area contributed by atoms with E-state index in [0.717, 1.165) is 22.3 Å². The third-order valence-electron chi connectivity index (χ3n) is 4.32. The van der Waals surface area contributed by atoms with Crippen LogP contribution in [0.1, 0.15) is 43.0 Å². The zero-order valence-corrected chi connectivity index (χ0v) is 15.3. The van der Waals surface area contributed by atoms with Gasteiger partial charge in [0.05, 0.1) is 5.92 Å². The van der Waals surface area contributed by atoms with E-state index in [9.17, 15) is 9.59 Å². The number of carbonyl (C=O) groups is 2. The maximum Gasteiger partial charge on any atom is 0.174 e. The number of Topliss-reactive ketones (excluding diaryl/α,β-unsaturated/α-hetero) is 2. The van der Waals surface area contributed by atoms with Gasteiger partial charge in [-0.25, -0.2) is 0 Å². The second-order valence-corrected chi connectivity index (χ2v) is 6.52. The molecule has 0 saturated carbocycles. The molecule has 0 radical (unpaired) electrons. The van der Waals surface area contributed by atoms with Gasteiger partial charge in [0.1, 0.15) is 0 Å². The smallest absolute Gasteiger partial charge is 0.174 e. The third kappa shape index (κ3) is 3.43. The van der Waals surface area contributed by atoms with E-state index < -0.39 is 5.92 Å². The first kappa shape index (κ1) is 17.6. The van der Waals surface area contributed by atoms with Crippen LogP contribution in [0.4, 0.5) is 0 Å². The highest BCUT2D eigenvalue weighted by Gasteiger charge is 2.30. The molecule has 23 heavy (non-hydrogen) atoms. The van der Waals surface area contributed by atoms with Gasteiger partial charge in [-0.05, 0) is 56.1 Å². The largest absolute Gasteiger partial charge is 0.293 e. The van der Waals surface area contributed by atoms with Crippen LogP contribution in [0.5, 0.6) is 0 Å². The normalized spacial score (nSPS) is 10.9. The van der Waals surface area contributed by atoms with Gasteiger partial charge < -0.3 is 0 Å². The number of carbonyl (C=O) groups excluding carboxylic acids is 2. The molecule has 0 aliphatic carbocycles. The Balaban J connectivity index is 2.48. The van der Waals surface area contributed by atoms with Crippen LogP contribution < -0.4 is 0 Å². The molecule has 0 N–H and O–H groups in total. The maximum atomic E-state index is 13.0. The second-order valence-electron chi connectivity index (χ2n) is 6.05. The molecule has 0 saturated heterocycles. The molecule has 0 bridgehead atoms. The fourth-order valence-corrected chi connectivity index (χ4v) is 3.52. The molecule has 0 aliphatic rings. The van der Waals surface area contributed by atoms with Crippen molar-refractivity contribution in [1.82, 2.24) is 0 Å². The van der Waals surface area contributed by atoms with Gasteiger partial charge in [0.2, 0.25) is 0 Å². The molecule has 0 amide bonds. The van der Waals surface area contributed by atoms with Gasteiger partial charge in [0, 0.05) is 11.1 Å². The quantitative estimate of drug-likeness (QED) is 0.461. The standard InChI is InChI=1S/C20H23O2P/c1-12-7-5-8-13(2)17(12)19(21)16(11-23)20(22)18-14(3)9-6-10-15(18)4/h5-10,16H,11,23H2,1-4H3. The summed E-state index contributed by atoms with van der Waals surface area (Å²) < 4.78 is 0. The molecule has 0 fully saturated rings. The van der Waals surface area contributed by atoms with Gasteiger partial charge in [-0.1, -0.05) is 36.4 Å². The van der Waals surface area contributed by atoms with E-state index in [0.29, 0.717) is 17.3 Å². The summed E-state index contributed by atoms with van der Waals surface area (Å²) in [6.07, 6.45) is 0.430. The minimum atomic E-state index is -0.653. The van der Waals surface area contributed by atoms with Crippen LogP contribution in [0.2, 0.25) is 0 Å². The minimum Gasteiger partial charge on any atom is -0.293 e. The molecule has 0 aliphatic heterocycles. The Morgan fingerprint density at radius 2 is 1.09 bits per heavy atom. The fraction of sp³-hybridized carbons (Fsp3) is 0.300. The number of hydrogen-bond acceptors (Lipinski definition) is 2. The summed E-state index contributed by atoms with van der Waals surface area (Å²) in [6, 6.07) is 11.6. The fourth-order valence-electron chi connectivity index (χ4n) is 3.09. The summed E-state index contributed by atoms with van der Waals surface area (Å²) in [5.74, 6) is -0.814. The molecule has 2 nitrogen and oxygen atoms in total. The van der Waals surface area contributed by atoms with Crippen LogP contribution in [0, 0.1) is 33.6 Å². The first-order valence-corrected chi connectivity index (χ1v) is 8.61. The summed E-state index contributed by atoms with van der Waals surface area (Å²) in [7, 11) is 2.56. The topological polar surface area (TPSA) is 34.1 Å². The van der Waals surface area contributed by atoms with Gasteiger partial charge in [0.25, 0.3) is 0 Å². The van der Waals surface area contributed by atoms with Crippen LogP contribution in [-0.2, 0) is 0 Å². The summed E-state index contributed by atoms with van der Waals surface area (Å²) >= 11 is 0. The van der Waals surface area contributed by atoms with E-state index in [1.165, 1.54) is 0 Å². The summed E-state index contributed by atoms with van der Waals surface area (Å²) in [4.78, 5) is 26.0. The monoisotopic (exact) mass is 326 g/mol. The molecule has 0 spiro atoms. The number of rotatable bonds is 5. The first-order valence-electron chi connectivity index (χ1n) is 7.79. The third-order valence-corrected chi connectivity index (χ3v) is 4.80. The van der Waals surface area contributed by atoms with Crippen molar-refractivity contribution in [1.29, 1.82) is 0 Å². The highest BCUT2D eigenvalue weighted by atomic mass is 31.0. The van der Waals surface area contributed by atoms with E-state index >= 15 is 0 Å². The Morgan fingerprint density at radius 1 is 0.783 bits per heavy atom. The molecule has 2 rings (SSSR count). The summed E-state index contributed by atoms with van der Waals surface area (Å²) in [6.45, 7) is 7.68. The Labute approximate surface area is 140 Å². The molecule has 1 atom stereocenters. The van der Waals surface area contributed by atoms with Crippen LogP contribution in [0.15, 0.2) is 36.4 Å². The van der Waals surface area contributed by atoms with Crippen molar-refractivity contribution in [2.24, 2.45) is 5.92 Å². The van der Waals surface area contributed by atoms with E-state index in [1.54, 1.807) is 0 Å². The van der Waals surface area contributed by atoms with Gasteiger partial charge in [-0.15, -0.1) is 9.24 Å². The van der Waals surface area contributed by atoms with E-state index in [-0.39, 0.29) is 11.6 Å². The van der Waals surface area contributed by atoms with Gasteiger partial charge in [-0.3, -0.25) is 9.59 Å². The van der Waals surface area contributed by atoms with Crippen LogP contribution >= 0.6 is 9.24 Å². The highest BCUT2D eigenvalue weighted by molar-refractivity contribution is 7.16. The lowest BCUT2D eigenvalue weighted by Crippen LogP contribution is -2.28. The second kappa shape index (κ2) is 7.19. The molecule has 1 unspecified atom stereocenters. The number of hydrogen-bond donors (Lipinski definition) is 0. The molecule has 0 aromatic heterocycles. The zero-order chi connectivity index (χ0) is 17.1. The first-order chi connectivity index (χ1) is 10.9. The van der Waals surface area contributed by atoms with Crippen molar-refractivity contribution in [3.63, 3.8) is 0 Å². The SMILES string of the molecule is Cc1cccc(C)c1C(=O)C(CP)C(=O)c1c(C)cccc1C. The average Bonchev–Trinajstić information content (AvgIpc) is 2.47. The number of benzene rings is 2. The molecule has 2 aromatic rings. The summed E-state index contributed by atoms with van der Waals surface area (Å²) in [5.41, 5.74) is 5.06. The van der Waals surface area contributed by atoms with Gasteiger partial charge in [0.15, 0.2) is 11.6 Å². The Bertz CT molecular complexity index is 658. The minimum absolute atomic E-state index is 0.0803. The lowest BCUT2D eigenvalue weighted by atomic mass is 9.85. The van der Waals surface area contributed by atoms with Crippen molar-refractivity contribution in [3.05, 3.63) is 69.8 Å². The predicted molar refractivity (Wildman–Crippen MR) is 98.6 cm³/mol.